The van der Waals surface area contributed by atoms with Crippen molar-refractivity contribution in [3.05, 3.63) is 29.4 Å². The Balaban J connectivity index is 2.32. The maximum Gasteiger partial charge on any atom is 0.159 e. The van der Waals surface area contributed by atoms with E-state index in [2.05, 4.69) is 15.5 Å². The van der Waals surface area contributed by atoms with Gasteiger partial charge in [0.1, 0.15) is 0 Å². The number of rotatable bonds is 4. The number of anilines is 1. The van der Waals surface area contributed by atoms with Gasteiger partial charge in [0.25, 0.3) is 0 Å². The largest absolute Gasteiger partial charge is 0.388 e. The van der Waals surface area contributed by atoms with E-state index in [9.17, 15) is 5.11 Å². The normalized spacial score (nSPS) is 14.4. The summed E-state index contributed by atoms with van der Waals surface area (Å²) in [6, 6.07) is 7.65. The Labute approximate surface area is 111 Å². The molecule has 1 aromatic heterocycles. The van der Waals surface area contributed by atoms with Crippen LogP contribution in [0, 0.1) is 0 Å². The third kappa shape index (κ3) is 2.71. The lowest BCUT2D eigenvalue weighted by molar-refractivity contribution is 0.0697. The first-order chi connectivity index (χ1) is 8.53. The number of benzene rings is 1. The van der Waals surface area contributed by atoms with Crippen molar-refractivity contribution >= 4 is 28.2 Å². The summed E-state index contributed by atoms with van der Waals surface area (Å²) in [7, 11) is 0. The third-order valence-electron chi connectivity index (χ3n) is 3.04. The van der Waals surface area contributed by atoms with Crippen LogP contribution in [0.4, 0.5) is 5.82 Å². The lowest BCUT2D eigenvalue weighted by Crippen LogP contribution is -2.32. The van der Waals surface area contributed by atoms with Gasteiger partial charge in [-0.3, -0.25) is 0 Å². The molecule has 0 saturated carbocycles. The molecule has 2 aromatic rings. The number of hydrogen-bond acceptors (Lipinski definition) is 4. The molecule has 0 aliphatic carbocycles. The van der Waals surface area contributed by atoms with E-state index < -0.39 is 5.60 Å². The van der Waals surface area contributed by atoms with Crippen molar-refractivity contribution in [2.45, 2.75) is 25.9 Å². The second-order valence-electron chi connectivity index (χ2n) is 4.59. The Bertz CT molecular complexity index is 557. The lowest BCUT2D eigenvalue weighted by Gasteiger charge is -2.22. The highest BCUT2D eigenvalue weighted by molar-refractivity contribution is 6.34. The monoisotopic (exact) mass is 265 g/mol. The molecule has 2 rings (SSSR count). The molecule has 2 N–H and O–H groups in total. The molecule has 0 bridgehead atoms. The molecule has 1 atom stereocenters. The fraction of sp³-hybridized carbons (Fsp3) is 0.385. The molecule has 0 spiro atoms. The van der Waals surface area contributed by atoms with E-state index in [1.54, 1.807) is 6.92 Å². The van der Waals surface area contributed by atoms with Crippen LogP contribution >= 0.6 is 11.6 Å². The second-order valence-corrected chi connectivity index (χ2v) is 4.95. The first-order valence-electron chi connectivity index (χ1n) is 5.90. The Morgan fingerprint density at radius 1 is 1.28 bits per heavy atom. The zero-order valence-electron chi connectivity index (χ0n) is 10.4. The number of fused-ring (bicyclic) bond motifs is 1. The maximum absolute atomic E-state index is 9.97. The number of hydrogen-bond donors (Lipinski definition) is 2. The minimum absolute atomic E-state index is 0.387. The van der Waals surface area contributed by atoms with Crippen LogP contribution in [0.25, 0.3) is 10.8 Å². The van der Waals surface area contributed by atoms with Gasteiger partial charge in [-0.15, -0.1) is 10.2 Å². The molecule has 1 heterocycles. The molecule has 18 heavy (non-hydrogen) atoms. The average Bonchev–Trinajstić information content (AvgIpc) is 2.38. The van der Waals surface area contributed by atoms with Gasteiger partial charge in [-0.25, -0.2) is 0 Å². The van der Waals surface area contributed by atoms with E-state index in [1.165, 1.54) is 0 Å². The SMILES string of the molecule is CCC(C)(O)CNc1nnc(Cl)c2ccccc12. The molecule has 1 unspecified atom stereocenters. The molecular weight excluding hydrogens is 250 g/mol. The Hall–Kier alpha value is -1.39. The fourth-order valence-corrected chi connectivity index (χ4v) is 1.80. The summed E-state index contributed by atoms with van der Waals surface area (Å²) in [5.74, 6) is 0.642. The predicted molar refractivity (Wildman–Crippen MR) is 74.0 cm³/mol. The second kappa shape index (κ2) is 5.08. The molecule has 0 aliphatic heterocycles. The van der Waals surface area contributed by atoms with Crippen LogP contribution in [-0.2, 0) is 0 Å². The van der Waals surface area contributed by atoms with Crippen LogP contribution in [-0.4, -0.2) is 27.4 Å². The van der Waals surface area contributed by atoms with Crippen molar-refractivity contribution in [2.75, 3.05) is 11.9 Å². The number of halogens is 1. The predicted octanol–water partition coefficient (Wildman–Crippen LogP) is 2.86. The van der Waals surface area contributed by atoms with Gasteiger partial charge in [-0.1, -0.05) is 42.8 Å². The Kier molecular flexibility index (Phi) is 3.68. The first kappa shape index (κ1) is 13.1. The van der Waals surface area contributed by atoms with E-state index >= 15 is 0 Å². The zero-order chi connectivity index (χ0) is 13.2. The number of nitrogens with one attached hydrogen (secondary N) is 1. The molecule has 0 aliphatic rings. The number of aliphatic hydroxyl groups is 1. The van der Waals surface area contributed by atoms with Crippen molar-refractivity contribution in [1.82, 2.24) is 10.2 Å². The zero-order valence-corrected chi connectivity index (χ0v) is 11.2. The smallest absolute Gasteiger partial charge is 0.159 e. The van der Waals surface area contributed by atoms with Gasteiger partial charge < -0.3 is 10.4 Å². The molecule has 0 saturated heterocycles. The van der Waals surface area contributed by atoms with Gasteiger partial charge in [-0.05, 0) is 13.3 Å². The number of aromatic nitrogens is 2. The van der Waals surface area contributed by atoms with Gasteiger partial charge in [-0.2, -0.15) is 0 Å². The highest BCUT2D eigenvalue weighted by atomic mass is 35.5. The molecule has 0 amide bonds. The van der Waals surface area contributed by atoms with Gasteiger partial charge in [0.05, 0.1) is 5.60 Å². The van der Waals surface area contributed by atoms with Crippen LogP contribution in [0.15, 0.2) is 24.3 Å². The molecule has 0 radical (unpaired) electrons. The van der Waals surface area contributed by atoms with Crippen molar-refractivity contribution in [3.63, 3.8) is 0 Å². The van der Waals surface area contributed by atoms with E-state index in [4.69, 9.17) is 11.6 Å². The van der Waals surface area contributed by atoms with Crippen molar-refractivity contribution in [2.24, 2.45) is 0 Å². The van der Waals surface area contributed by atoms with E-state index in [0.717, 1.165) is 10.8 Å². The molecule has 5 heteroatoms. The van der Waals surface area contributed by atoms with Gasteiger partial charge in [0.15, 0.2) is 11.0 Å². The fourth-order valence-electron chi connectivity index (χ4n) is 1.60. The molecule has 96 valence electrons. The molecule has 1 aromatic carbocycles. The highest BCUT2D eigenvalue weighted by Gasteiger charge is 2.18. The highest BCUT2D eigenvalue weighted by Crippen LogP contribution is 2.25. The number of nitrogens with zero attached hydrogens (tertiary/aromatic N) is 2. The van der Waals surface area contributed by atoms with Gasteiger partial charge in [0, 0.05) is 17.3 Å². The van der Waals surface area contributed by atoms with Crippen molar-refractivity contribution < 1.29 is 5.11 Å². The summed E-state index contributed by atoms with van der Waals surface area (Å²) in [5.41, 5.74) is -0.761. The van der Waals surface area contributed by atoms with Crippen LogP contribution in [0.5, 0.6) is 0 Å². The van der Waals surface area contributed by atoms with Gasteiger partial charge in [0.2, 0.25) is 0 Å². The standard InChI is InChI=1S/C13H16ClN3O/c1-3-13(2,18)8-15-12-10-7-5-4-6-9(10)11(14)16-17-12/h4-7,18H,3,8H2,1-2H3,(H,15,17). The summed E-state index contributed by atoms with van der Waals surface area (Å²) in [6.45, 7) is 4.14. The summed E-state index contributed by atoms with van der Waals surface area (Å²) in [6.07, 6.45) is 0.666. The summed E-state index contributed by atoms with van der Waals surface area (Å²) >= 11 is 6.00. The van der Waals surface area contributed by atoms with Gasteiger partial charge >= 0.3 is 0 Å². The van der Waals surface area contributed by atoms with E-state index in [1.807, 2.05) is 31.2 Å². The average molecular weight is 266 g/mol. The minimum atomic E-state index is -0.761. The Morgan fingerprint density at radius 2 is 1.94 bits per heavy atom. The van der Waals surface area contributed by atoms with E-state index in [-0.39, 0.29) is 0 Å². The quantitative estimate of drug-likeness (QED) is 0.893. The summed E-state index contributed by atoms with van der Waals surface area (Å²) < 4.78 is 0. The van der Waals surface area contributed by atoms with E-state index in [0.29, 0.717) is 23.9 Å². The minimum Gasteiger partial charge on any atom is -0.388 e. The van der Waals surface area contributed by atoms with Crippen LogP contribution in [0.2, 0.25) is 5.15 Å². The lowest BCUT2D eigenvalue weighted by atomic mass is 10.0. The van der Waals surface area contributed by atoms with Crippen molar-refractivity contribution in [3.8, 4) is 0 Å². The van der Waals surface area contributed by atoms with Crippen LogP contribution in [0.1, 0.15) is 20.3 Å². The third-order valence-corrected chi connectivity index (χ3v) is 3.32. The topological polar surface area (TPSA) is 58.0 Å². The first-order valence-corrected chi connectivity index (χ1v) is 6.28. The molecule has 0 fully saturated rings. The summed E-state index contributed by atoms with van der Waals surface area (Å²) in [4.78, 5) is 0. The van der Waals surface area contributed by atoms with Crippen LogP contribution in [0.3, 0.4) is 0 Å². The van der Waals surface area contributed by atoms with Crippen LogP contribution < -0.4 is 5.32 Å². The van der Waals surface area contributed by atoms with Crippen molar-refractivity contribution in [1.29, 1.82) is 0 Å². The maximum atomic E-state index is 9.97. The Morgan fingerprint density at radius 3 is 2.61 bits per heavy atom. The molecular formula is C13H16ClN3O. The summed E-state index contributed by atoms with van der Waals surface area (Å²) in [5, 5.41) is 23.2. The molecule has 4 nitrogen and oxygen atoms in total.